The van der Waals surface area contributed by atoms with Gasteiger partial charge >= 0.3 is 0 Å². The Balaban J connectivity index is 3.05. The Kier molecular flexibility index (Phi) is 3.65. The molecule has 0 unspecified atom stereocenters. The molecule has 0 aliphatic carbocycles. The van der Waals surface area contributed by atoms with Gasteiger partial charge in [-0.2, -0.15) is 0 Å². The molecule has 1 aromatic rings. The molecule has 0 saturated heterocycles. The summed E-state index contributed by atoms with van der Waals surface area (Å²) in [6.45, 7) is 0.0339. The van der Waals surface area contributed by atoms with E-state index in [0.717, 1.165) is 12.1 Å². The first kappa shape index (κ1) is 11.9. The molecule has 1 aromatic carbocycles. The van der Waals surface area contributed by atoms with E-state index in [-0.39, 0.29) is 22.9 Å². The van der Waals surface area contributed by atoms with Crippen LogP contribution in [0.5, 0.6) is 0 Å². The minimum atomic E-state index is -3.63. The molecule has 0 spiro atoms. The third kappa shape index (κ3) is 2.90. The van der Waals surface area contributed by atoms with Crippen LogP contribution in [0.25, 0.3) is 0 Å². The molecule has 0 fully saturated rings. The minimum absolute atomic E-state index is 0.0339. The highest BCUT2D eigenvalue weighted by molar-refractivity contribution is 7.91. The first-order chi connectivity index (χ1) is 6.97. The minimum Gasteiger partial charge on any atom is -0.399 e. The van der Waals surface area contributed by atoms with Crippen molar-refractivity contribution in [3.63, 3.8) is 0 Å². The predicted octanol–water partition coefficient (Wildman–Crippen LogP) is 0.828. The Labute approximate surface area is 87.8 Å². The maximum atomic E-state index is 13.3. The van der Waals surface area contributed by atoms with Crippen LogP contribution >= 0.6 is 0 Å². The zero-order chi connectivity index (χ0) is 11.5. The average molecular weight is 233 g/mol. The molecule has 0 atom stereocenters. The van der Waals surface area contributed by atoms with Crippen molar-refractivity contribution in [2.45, 2.75) is 4.90 Å². The lowest BCUT2D eigenvalue weighted by atomic mass is 10.3. The van der Waals surface area contributed by atoms with Gasteiger partial charge in [0.05, 0.1) is 12.4 Å². The van der Waals surface area contributed by atoms with Gasteiger partial charge in [-0.05, 0) is 18.2 Å². The molecule has 0 bridgehead atoms. The summed E-state index contributed by atoms with van der Waals surface area (Å²) in [7, 11) is -2.24. The molecule has 0 heterocycles. The van der Waals surface area contributed by atoms with Crippen molar-refractivity contribution in [2.75, 3.05) is 25.2 Å². The zero-order valence-corrected chi connectivity index (χ0v) is 9.05. The maximum absolute atomic E-state index is 13.3. The number of halogens is 1. The molecule has 0 amide bonds. The van der Waals surface area contributed by atoms with Crippen LogP contribution in [0.2, 0.25) is 0 Å². The van der Waals surface area contributed by atoms with Gasteiger partial charge in [-0.25, -0.2) is 12.8 Å². The topological polar surface area (TPSA) is 69.4 Å². The summed E-state index contributed by atoms with van der Waals surface area (Å²) in [5, 5.41) is 0. The second kappa shape index (κ2) is 4.59. The molecule has 0 saturated carbocycles. The first-order valence-corrected chi connectivity index (χ1v) is 5.89. The predicted molar refractivity (Wildman–Crippen MR) is 54.7 cm³/mol. The first-order valence-electron chi connectivity index (χ1n) is 4.24. The van der Waals surface area contributed by atoms with Crippen molar-refractivity contribution in [1.82, 2.24) is 0 Å². The van der Waals surface area contributed by atoms with E-state index in [1.165, 1.54) is 13.2 Å². The Morgan fingerprint density at radius 3 is 2.67 bits per heavy atom. The quantitative estimate of drug-likeness (QED) is 0.782. The van der Waals surface area contributed by atoms with Crippen molar-refractivity contribution in [3.8, 4) is 0 Å². The number of benzene rings is 1. The summed E-state index contributed by atoms with van der Waals surface area (Å²) in [5.74, 6) is -1.07. The highest BCUT2D eigenvalue weighted by Gasteiger charge is 2.18. The highest BCUT2D eigenvalue weighted by atomic mass is 32.2. The summed E-state index contributed by atoms with van der Waals surface area (Å²) in [6, 6.07) is 3.50. The van der Waals surface area contributed by atoms with E-state index in [9.17, 15) is 12.8 Å². The fourth-order valence-corrected chi connectivity index (χ4v) is 2.31. The Hall–Kier alpha value is -1.14. The van der Waals surface area contributed by atoms with E-state index in [1.807, 2.05) is 0 Å². The molecular weight excluding hydrogens is 221 g/mol. The normalized spacial score (nSPS) is 11.6. The average Bonchev–Trinajstić information content (AvgIpc) is 2.14. The standard InChI is InChI=1S/C9H12FNO3S/c1-14-4-5-15(12,13)9-3-2-7(11)6-8(9)10/h2-3,6H,4-5,11H2,1H3. The van der Waals surface area contributed by atoms with E-state index < -0.39 is 15.7 Å². The number of anilines is 1. The van der Waals surface area contributed by atoms with E-state index in [2.05, 4.69) is 4.74 Å². The largest absolute Gasteiger partial charge is 0.399 e. The molecule has 0 aliphatic heterocycles. The van der Waals surface area contributed by atoms with E-state index >= 15 is 0 Å². The van der Waals surface area contributed by atoms with E-state index in [0.29, 0.717) is 0 Å². The monoisotopic (exact) mass is 233 g/mol. The second-order valence-corrected chi connectivity index (χ2v) is 5.08. The number of methoxy groups -OCH3 is 1. The van der Waals surface area contributed by atoms with Crippen LogP contribution in [0.1, 0.15) is 0 Å². The van der Waals surface area contributed by atoms with Gasteiger partial charge in [0.25, 0.3) is 0 Å². The molecule has 0 aromatic heterocycles. The van der Waals surface area contributed by atoms with Gasteiger partial charge in [0.15, 0.2) is 9.84 Å². The molecule has 4 nitrogen and oxygen atoms in total. The molecule has 15 heavy (non-hydrogen) atoms. The third-order valence-corrected chi connectivity index (χ3v) is 3.55. The lowest BCUT2D eigenvalue weighted by Gasteiger charge is -2.05. The summed E-state index contributed by atoms with van der Waals surface area (Å²) in [6.07, 6.45) is 0. The van der Waals surface area contributed by atoms with Crippen LogP contribution in [-0.4, -0.2) is 27.9 Å². The van der Waals surface area contributed by atoms with Crippen LogP contribution in [0.3, 0.4) is 0 Å². The van der Waals surface area contributed by atoms with E-state index in [4.69, 9.17) is 5.73 Å². The van der Waals surface area contributed by atoms with Crippen LogP contribution in [0.4, 0.5) is 10.1 Å². The lowest BCUT2D eigenvalue weighted by molar-refractivity contribution is 0.217. The Bertz CT molecular complexity index is 445. The van der Waals surface area contributed by atoms with E-state index in [1.54, 1.807) is 0 Å². The van der Waals surface area contributed by atoms with Crippen molar-refractivity contribution in [2.24, 2.45) is 0 Å². The smallest absolute Gasteiger partial charge is 0.183 e. The van der Waals surface area contributed by atoms with Crippen molar-refractivity contribution in [3.05, 3.63) is 24.0 Å². The molecule has 84 valence electrons. The zero-order valence-electron chi connectivity index (χ0n) is 8.23. The van der Waals surface area contributed by atoms with Gasteiger partial charge in [0.1, 0.15) is 10.7 Å². The summed E-state index contributed by atoms with van der Waals surface area (Å²) >= 11 is 0. The molecule has 0 radical (unpaired) electrons. The maximum Gasteiger partial charge on any atom is 0.183 e. The van der Waals surface area contributed by atoms with Gasteiger partial charge in [-0.3, -0.25) is 0 Å². The summed E-state index contributed by atoms with van der Waals surface area (Å²) in [5.41, 5.74) is 5.50. The number of hydrogen-bond acceptors (Lipinski definition) is 4. The molecular formula is C9H12FNO3S. The SMILES string of the molecule is COCCS(=O)(=O)c1ccc(N)cc1F. The lowest BCUT2D eigenvalue weighted by Crippen LogP contribution is -2.13. The number of rotatable bonds is 4. The fourth-order valence-electron chi connectivity index (χ4n) is 1.07. The molecule has 1 rings (SSSR count). The van der Waals surface area contributed by atoms with Gasteiger partial charge in [0, 0.05) is 12.8 Å². The Morgan fingerprint density at radius 2 is 2.13 bits per heavy atom. The molecule has 2 N–H and O–H groups in total. The molecule has 0 aliphatic rings. The van der Waals surface area contributed by atoms with Crippen LogP contribution in [0.15, 0.2) is 23.1 Å². The Morgan fingerprint density at radius 1 is 1.47 bits per heavy atom. The second-order valence-electron chi connectivity index (χ2n) is 3.00. The van der Waals surface area contributed by atoms with Crippen LogP contribution in [0, 0.1) is 5.82 Å². The van der Waals surface area contributed by atoms with Gasteiger partial charge in [-0.1, -0.05) is 0 Å². The van der Waals surface area contributed by atoms with Crippen molar-refractivity contribution >= 4 is 15.5 Å². The van der Waals surface area contributed by atoms with Gasteiger partial charge in [-0.15, -0.1) is 0 Å². The number of sulfone groups is 1. The summed E-state index contributed by atoms with van der Waals surface area (Å²) < 4.78 is 41.0. The number of nitrogen functional groups attached to an aromatic ring is 1. The fraction of sp³-hybridized carbons (Fsp3) is 0.333. The number of hydrogen-bond donors (Lipinski definition) is 1. The van der Waals surface area contributed by atoms with Crippen LogP contribution in [-0.2, 0) is 14.6 Å². The van der Waals surface area contributed by atoms with Crippen LogP contribution < -0.4 is 5.73 Å². The highest BCUT2D eigenvalue weighted by Crippen LogP contribution is 2.18. The number of ether oxygens (including phenoxy) is 1. The van der Waals surface area contributed by atoms with Crippen molar-refractivity contribution < 1.29 is 17.5 Å². The van der Waals surface area contributed by atoms with Gasteiger partial charge in [0.2, 0.25) is 0 Å². The van der Waals surface area contributed by atoms with Gasteiger partial charge < -0.3 is 10.5 Å². The summed E-state index contributed by atoms with van der Waals surface area (Å²) in [4.78, 5) is -0.339. The van der Waals surface area contributed by atoms with Crippen molar-refractivity contribution in [1.29, 1.82) is 0 Å². The third-order valence-electron chi connectivity index (χ3n) is 1.85. The molecule has 6 heteroatoms. The number of nitrogens with two attached hydrogens (primary N) is 1.